The quantitative estimate of drug-likeness (QED) is 0.601. The van der Waals surface area contributed by atoms with Crippen molar-refractivity contribution in [3.8, 4) is 5.75 Å². The van der Waals surface area contributed by atoms with Crippen LogP contribution in [0.5, 0.6) is 5.75 Å². The number of morpholine rings is 1. The van der Waals surface area contributed by atoms with Gasteiger partial charge in [-0.25, -0.2) is 13.2 Å². The number of rotatable bonds is 4. The Morgan fingerprint density at radius 1 is 1.08 bits per heavy atom. The normalized spacial score (nSPS) is 15.7. The number of nitrogens with zero attached hydrogens (tertiary/aromatic N) is 1. The van der Waals surface area contributed by atoms with Crippen LogP contribution in [0, 0.1) is 0 Å². The summed E-state index contributed by atoms with van der Waals surface area (Å²) in [6, 6.07) is 12.5. The van der Waals surface area contributed by atoms with Crippen LogP contribution >= 0.6 is 11.6 Å². The van der Waals surface area contributed by atoms with E-state index in [-0.39, 0.29) is 28.6 Å². The minimum absolute atomic E-state index is 0.000135. The maximum atomic E-state index is 12.7. The number of sulfonamides is 1. The molecule has 0 amide bonds. The Hall–Kier alpha value is -1.93. The SMILES string of the molecule is O=C(Oc1ccccc1)c1cc(S(=O)(=O)N2CCOCC2)ccc1Cl. The van der Waals surface area contributed by atoms with E-state index >= 15 is 0 Å². The molecule has 1 aliphatic rings. The highest BCUT2D eigenvalue weighted by molar-refractivity contribution is 7.89. The predicted octanol–water partition coefficient (Wildman–Crippen LogP) is 2.58. The minimum Gasteiger partial charge on any atom is -0.423 e. The van der Waals surface area contributed by atoms with Gasteiger partial charge in [0.1, 0.15) is 5.75 Å². The average Bonchev–Trinajstić information content (AvgIpc) is 2.63. The Morgan fingerprint density at radius 2 is 1.76 bits per heavy atom. The summed E-state index contributed by atoms with van der Waals surface area (Å²) in [6.07, 6.45) is 0. The van der Waals surface area contributed by atoms with Crippen LogP contribution in [0.3, 0.4) is 0 Å². The van der Waals surface area contributed by atoms with Crippen LogP contribution in [0.4, 0.5) is 0 Å². The molecule has 0 saturated carbocycles. The molecule has 1 saturated heterocycles. The van der Waals surface area contributed by atoms with Crippen molar-refractivity contribution in [1.82, 2.24) is 4.31 Å². The lowest BCUT2D eigenvalue weighted by atomic mass is 10.2. The van der Waals surface area contributed by atoms with E-state index in [4.69, 9.17) is 21.1 Å². The van der Waals surface area contributed by atoms with Crippen LogP contribution in [0.25, 0.3) is 0 Å². The van der Waals surface area contributed by atoms with Crippen LogP contribution in [-0.2, 0) is 14.8 Å². The Balaban J connectivity index is 1.88. The van der Waals surface area contributed by atoms with Gasteiger partial charge >= 0.3 is 5.97 Å². The van der Waals surface area contributed by atoms with E-state index in [9.17, 15) is 13.2 Å². The van der Waals surface area contributed by atoms with E-state index in [0.717, 1.165) is 0 Å². The maximum Gasteiger partial charge on any atom is 0.345 e. The van der Waals surface area contributed by atoms with Gasteiger partial charge < -0.3 is 9.47 Å². The smallest absolute Gasteiger partial charge is 0.345 e. The summed E-state index contributed by atoms with van der Waals surface area (Å²) in [5.74, 6) is -0.361. The van der Waals surface area contributed by atoms with Crippen LogP contribution in [-0.4, -0.2) is 45.0 Å². The molecule has 1 heterocycles. The van der Waals surface area contributed by atoms with Gasteiger partial charge in [0, 0.05) is 13.1 Å². The molecule has 1 aliphatic heterocycles. The van der Waals surface area contributed by atoms with Crippen molar-refractivity contribution in [2.75, 3.05) is 26.3 Å². The van der Waals surface area contributed by atoms with Crippen molar-refractivity contribution in [3.63, 3.8) is 0 Å². The lowest BCUT2D eigenvalue weighted by molar-refractivity contribution is 0.0727. The van der Waals surface area contributed by atoms with Crippen LogP contribution in [0.15, 0.2) is 53.4 Å². The summed E-state index contributed by atoms with van der Waals surface area (Å²) in [4.78, 5) is 12.4. The van der Waals surface area contributed by atoms with Gasteiger partial charge in [-0.15, -0.1) is 0 Å². The molecule has 2 aromatic rings. The van der Waals surface area contributed by atoms with Crippen molar-refractivity contribution in [2.45, 2.75) is 4.90 Å². The first-order valence-corrected chi connectivity index (χ1v) is 9.45. The van der Waals surface area contributed by atoms with Gasteiger partial charge in [0.2, 0.25) is 10.0 Å². The van der Waals surface area contributed by atoms with Crippen molar-refractivity contribution in [1.29, 1.82) is 0 Å². The molecular weight excluding hydrogens is 366 g/mol. The van der Waals surface area contributed by atoms with Gasteiger partial charge in [-0.1, -0.05) is 29.8 Å². The molecule has 1 fully saturated rings. The summed E-state index contributed by atoms with van der Waals surface area (Å²) < 4.78 is 37.2. The molecule has 132 valence electrons. The number of ether oxygens (including phenoxy) is 2. The van der Waals surface area contributed by atoms with Gasteiger partial charge in [0.05, 0.1) is 28.7 Å². The number of esters is 1. The third-order valence-electron chi connectivity index (χ3n) is 3.72. The monoisotopic (exact) mass is 381 g/mol. The van der Waals surface area contributed by atoms with Gasteiger partial charge in [0.15, 0.2) is 0 Å². The Kier molecular flexibility index (Phi) is 5.39. The number of carbonyl (C=O) groups excluding carboxylic acids is 1. The van der Waals surface area contributed by atoms with E-state index in [0.29, 0.717) is 19.0 Å². The zero-order chi connectivity index (χ0) is 17.9. The molecule has 0 spiro atoms. The summed E-state index contributed by atoms with van der Waals surface area (Å²) in [5, 5.41) is 0.127. The lowest BCUT2D eigenvalue weighted by Gasteiger charge is -2.26. The molecule has 0 atom stereocenters. The molecule has 6 nitrogen and oxygen atoms in total. The zero-order valence-electron chi connectivity index (χ0n) is 13.2. The molecule has 3 rings (SSSR count). The summed E-state index contributed by atoms with van der Waals surface area (Å²) >= 11 is 6.06. The average molecular weight is 382 g/mol. The largest absolute Gasteiger partial charge is 0.423 e. The first-order chi connectivity index (χ1) is 12.0. The predicted molar refractivity (Wildman–Crippen MR) is 92.4 cm³/mol. The zero-order valence-corrected chi connectivity index (χ0v) is 14.8. The third kappa shape index (κ3) is 4.01. The molecule has 0 bridgehead atoms. The van der Waals surface area contributed by atoms with Crippen molar-refractivity contribution in [3.05, 3.63) is 59.1 Å². The highest BCUT2D eigenvalue weighted by Crippen LogP contribution is 2.25. The van der Waals surface area contributed by atoms with Crippen LogP contribution in [0.2, 0.25) is 5.02 Å². The van der Waals surface area contributed by atoms with Gasteiger partial charge in [-0.05, 0) is 30.3 Å². The second-order valence-corrected chi connectivity index (χ2v) is 7.71. The number of hydrogen-bond acceptors (Lipinski definition) is 5. The van der Waals surface area contributed by atoms with E-state index < -0.39 is 16.0 Å². The number of hydrogen-bond donors (Lipinski definition) is 0. The highest BCUT2D eigenvalue weighted by atomic mass is 35.5. The van der Waals surface area contributed by atoms with Crippen LogP contribution < -0.4 is 4.74 Å². The third-order valence-corrected chi connectivity index (χ3v) is 5.94. The fraction of sp³-hybridized carbons (Fsp3) is 0.235. The number of benzene rings is 2. The van der Waals surface area contributed by atoms with Crippen molar-refractivity contribution < 1.29 is 22.7 Å². The number of carbonyl (C=O) groups is 1. The van der Waals surface area contributed by atoms with Crippen molar-refractivity contribution >= 4 is 27.6 Å². The molecule has 0 unspecified atom stereocenters. The number of para-hydroxylation sites is 1. The molecule has 0 aromatic heterocycles. The summed E-state index contributed by atoms with van der Waals surface area (Å²) in [5.41, 5.74) is -0.000135. The first kappa shape index (κ1) is 17.9. The van der Waals surface area contributed by atoms with E-state index in [1.165, 1.54) is 22.5 Å². The molecule has 0 N–H and O–H groups in total. The fourth-order valence-corrected chi connectivity index (χ4v) is 4.04. The Morgan fingerprint density at radius 3 is 2.44 bits per heavy atom. The minimum atomic E-state index is -3.72. The molecule has 0 radical (unpaired) electrons. The first-order valence-electron chi connectivity index (χ1n) is 7.63. The van der Waals surface area contributed by atoms with Gasteiger partial charge in [-0.3, -0.25) is 0 Å². The lowest BCUT2D eigenvalue weighted by Crippen LogP contribution is -2.40. The maximum absolute atomic E-state index is 12.7. The van der Waals surface area contributed by atoms with E-state index in [2.05, 4.69) is 0 Å². The van der Waals surface area contributed by atoms with Crippen molar-refractivity contribution in [2.24, 2.45) is 0 Å². The standard InChI is InChI=1S/C17H16ClNO5S/c18-16-7-6-14(25(21,22)19-8-10-23-11-9-19)12-15(16)17(20)24-13-4-2-1-3-5-13/h1-7,12H,8-11H2. The highest BCUT2D eigenvalue weighted by Gasteiger charge is 2.28. The Bertz CT molecular complexity index is 864. The van der Waals surface area contributed by atoms with E-state index in [1.54, 1.807) is 30.3 Å². The topological polar surface area (TPSA) is 72.9 Å². The molecular formula is C17H16ClNO5S. The molecule has 25 heavy (non-hydrogen) atoms. The van der Waals surface area contributed by atoms with Gasteiger partial charge in [0.25, 0.3) is 0 Å². The fourth-order valence-electron chi connectivity index (χ4n) is 2.41. The molecule has 8 heteroatoms. The second-order valence-electron chi connectivity index (χ2n) is 5.36. The second kappa shape index (κ2) is 7.53. The molecule has 0 aliphatic carbocycles. The van der Waals surface area contributed by atoms with Gasteiger partial charge in [-0.2, -0.15) is 4.31 Å². The Labute approximate surface area is 151 Å². The summed E-state index contributed by atoms with van der Waals surface area (Å²) in [6.45, 7) is 1.23. The van der Waals surface area contributed by atoms with E-state index in [1.807, 2.05) is 0 Å². The number of halogens is 1. The van der Waals surface area contributed by atoms with Crippen LogP contribution in [0.1, 0.15) is 10.4 Å². The summed E-state index contributed by atoms with van der Waals surface area (Å²) in [7, 11) is -3.72. The molecule has 2 aromatic carbocycles.